The molecule has 0 radical (unpaired) electrons. The first kappa shape index (κ1) is 21.1. The number of hydrazone groups is 1. The number of fused-ring (bicyclic) bond motifs is 1. The summed E-state index contributed by atoms with van der Waals surface area (Å²) in [5, 5.41) is 22.1. The highest BCUT2D eigenvalue weighted by Gasteiger charge is 2.18. The largest absolute Gasteiger partial charge is 0.478 e. The molecule has 0 spiro atoms. The van der Waals surface area contributed by atoms with Gasteiger partial charge in [0.1, 0.15) is 0 Å². The van der Waals surface area contributed by atoms with E-state index in [1.54, 1.807) is 34.6 Å². The normalized spacial score (nSPS) is 11.2. The summed E-state index contributed by atoms with van der Waals surface area (Å²) >= 11 is 0. The summed E-state index contributed by atoms with van der Waals surface area (Å²) in [6.07, 6.45) is 1.54. The number of nitrogens with zero attached hydrogens (tertiary/aromatic N) is 3. The van der Waals surface area contributed by atoms with Crippen LogP contribution in [0.3, 0.4) is 0 Å². The first-order valence-electron chi connectivity index (χ1n) is 10.1. The van der Waals surface area contributed by atoms with Crippen LogP contribution >= 0.6 is 0 Å². The topological polar surface area (TPSA) is 109 Å². The lowest BCUT2D eigenvalue weighted by Gasteiger charge is -2.12. The summed E-state index contributed by atoms with van der Waals surface area (Å²) in [6.45, 7) is 2.70. The van der Waals surface area contributed by atoms with E-state index in [2.05, 4.69) is 10.1 Å². The Morgan fingerprint density at radius 2 is 1.91 bits per heavy atom. The molecule has 1 heterocycles. The summed E-state index contributed by atoms with van der Waals surface area (Å²) < 4.78 is 7.49. The van der Waals surface area contributed by atoms with Crippen LogP contribution in [0.1, 0.15) is 28.4 Å². The van der Waals surface area contributed by atoms with Crippen LogP contribution in [0.5, 0.6) is 6.01 Å². The summed E-state index contributed by atoms with van der Waals surface area (Å²) in [4.78, 5) is 16.3. The molecule has 0 saturated carbocycles. The van der Waals surface area contributed by atoms with Crippen molar-refractivity contribution in [3.05, 3.63) is 83.4 Å². The number of para-hydroxylation sites is 1. The van der Waals surface area contributed by atoms with Crippen molar-refractivity contribution in [1.29, 1.82) is 0 Å². The number of imidazole rings is 1. The smallest absolute Gasteiger partial charge is 0.337 e. The lowest BCUT2D eigenvalue weighted by molar-refractivity contribution is 0.0698. The Balaban J connectivity index is 1.71. The maximum atomic E-state index is 11.8. The second-order valence-corrected chi connectivity index (χ2v) is 7.03. The number of carboxylic acids is 1. The fourth-order valence-electron chi connectivity index (χ4n) is 3.67. The number of hydrogen-bond acceptors (Lipinski definition) is 6. The number of aromatic carboxylic acids is 1. The quantitative estimate of drug-likeness (QED) is 0.286. The van der Waals surface area contributed by atoms with E-state index in [1.807, 2.05) is 55.5 Å². The van der Waals surface area contributed by atoms with Crippen LogP contribution in [0.2, 0.25) is 0 Å². The first-order chi connectivity index (χ1) is 15.6. The molecule has 3 N–H and O–H groups in total. The molecular weight excluding hydrogens is 408 g/mol. The Morgan fingerprint density at radius 1 is 1.12 bits per heavy atom. The van der Waals surface area contributed by atoms with Crippen molar-refractivity contribution in [2.45, 2.75) is 13.5 Å². The molecule has 1 aromatic heterocycles. The van der Waals surface area contributed by atoms with Gasteiger partial charge in [-0.25, -0.2) is 4.79 Å². The van der Waals surface area contributed by atoms with Gasteiger partial charge in [0, 0.05) is 5.56 Å². The van der Waals surface area contributed by atoms with Crippen molar-refractivity contribution in [3.8, 4) is 17.1 Å². The van der Waals surface area contributed by atoms with Gasteiger partial charge in [0.2, 0.25) is 0 Å². The molecule has 162 valence electrons. The summed E-state index contributed by atoms with van der Waals surface area (Å²) in [5.74, 6) is -1.01. The highest BCUT2D eigenvalue weighted by molar-refractivity contribution is 6.01. The maximum Gasteiger partial charge on any atom is 0.337 e. The average molecular weight is 430 g/mol. The van der Waals surface area contributed by atoms with E-state index >= 15 is 0 Å². The lowest BCUT2D eigenvalue weighted by Crippen LogP contribution is -2.08. The van der Waals surface area contributed by atoms with Gasteiger partial charge in [-0.05, 0) is 35.7 Å². The molecule has 8 heteroatoms. The molecule has 0 aliphatic heterocycles. The second kappa shape index (κ2) is 9.32. The monoisotopic (exact) mass is 430 g/mol. The van der Waals surface area contributed by atoms with Crippen LogP contribution in [0.25, 0.3) is 22.2 Å². The minimum Gasteiger partial charge on any atom is -0.478 e. The standard InChI is InChI=1S/C24H22N4O4/c1-2-32-24-26-21-9-5-8-20(23(29)30)22(21)28(24)15-16-10-12-17(13-11-16)19-7-4-3-6-18(19)14-25-27-31/h3-14,27,31H,2,15H2,1H3,(H,29,30)/b25-14-. The van der Waals surface area contributed by atoms with Gasteiger partial charge in [-0.3, -0.25) is 9.77 Å². The third kappa shape index (κ3) is 4.17. The van der Waals surface area contributed by atoms with E-state index in [9.17, 15) is 9.90 Å². The zero-order chi connectivity index (χ0) is 22.5. The zero-order valence-corrected chi connectivity index (χ0v) is 17.4. The van der Waals surface area contributed by atoms with Gasteiger partial charge in [-0.15, -0.1) is 0 Å². The fraction of sp³-hybridized carbons (Fsp3) is 0.125. The number of carboxylic acid groups (broad SMARTS) is 1. The lowest BCUT2D eigenvalue weighted by atomic mass is 9.99. The Hall–Kier alpha value is -4.17. The van der Waals surface area contributed by atoms with Crippen molar-refractivity contribution >= 4 is 23.2 Å². The van der Waals surface area contributed by atoms with Gasteiger partial charge >= 0.3 is 5.97 Å². The third-order valence-electron chi connectivity index (χ3n) is 5.06. The fourth-order valence-corrected chi connectivity index (χ4v) is 3.67. The van der Waals surface area contributed by atoms with Crippen LogP contribution in [0, 0.1) is 0 Å². The van der Waals surface area contributed by atoms with Gasteiger partial charge in [0.15, 0.2) is 0 Å². The molecule has 0 amide bonds. The van der Waals surface area contributed by atoms with Gasteiger partial charge < -0.3 is 9.84 Å². The van der Waals surface area contributed by atoms with Crippen LogP contribution in [0.15, 0.2) is 71.8 Å². The Labute approximate surface area is 184 Å². The summed E-state index contributed by atoms with van der Waals surface area (Å²) in [7, 11) is 0. The van der Waals surface area contributed by atoms with Crippen LogP contribution < -0.4 is 10.3 Å². The Bertz CT molecular complexity index is 1280. The Morgan fingerprint density at radius 3 is 2.62 bits per heavy atom. The molecule has 0 aliphatic rings. The first-order valence-corrected chi connectivity index (χ1v) is 10.1. The minimum absolute atomic E-state index is 0.184. The maximum absolute atomic E-state index is 11.8. The molecule has 0 aliphatic carbocycles. The number of nitrogens with one attached hydrogen (secondary N) is 1. The van der Waals surface area contributed by atoms with Crippen molar-refractivity contribution < 1.29 is 19.8 Å². The second-order valence-electron chi connectivity index (χ2n) is 7.03. The van der Waals surface area contributed by atoms with Crippen molar-refractivity contribution in [3.63, 3.8) is 0 Å². The highest BCUT2D eigenvalue weighted by Crippen LogP contribution is 2.28. The van der Waals surface area contributed by atoms with E-state index in [4.69, 9.17) is 9.94 Å². The highest BCUT2D eigenvalue weighted by atomic mass is 16.5. The summed E-state index contributed by atoms with van der Waals surface area (Å²) in [6, 6.07) is 21.1. The molecule has 8 nitrogen and oxygen atoms in total. The van der Waals surface area contributed by atoms with Crippen LogP contribution in [0.4, 0.5) is 0 Å². The average Bonchev–Trinajstić information content (AvgIpc) is 3.15. The van der Waals surface area contributed by atoms with E-state index in [1.165, 1.54) is 0 Å². The van der Waals surface area contributed by atoms with Crippen LogP contribution in [-0.4, -0.2) is 38.7 Å². The molecule has 4 aromatic rings. The number of ether oxygens (including phenoxy) is 1. The number of aromatic nitrogens is 2. The third-order valence-corrected chi connectivity index (χ3v) is 5.06. The molecule has 0 unspecified atom stereocenters. The van der Waals surface area contributed by atoms with E-state index in [0.717, 1.165) is 22.3 Å². The van der Waals surface area contributed by atoms with Gasteiger partial charge in [-0.2, -0.15) is 15.7 Å². The minimum atomic E-state index is -1.01. The number of rotatable bonds is 8. The molecule has 32 heavy (non-hydrogen) atoms. The number of benzene rings is 3. The molecule has 0 atom stereocenters. The number of hydrogen-bond donors (Lipinski definition) is 3. The van der Waals surface area contributed by atoms with Gasteiger partial charge in [-0.1, -0.05) is 54.6 Å². The van der Waals surface area contributed by atoms with Crippen molar-refractivity contribution in [1.82, 2.24) is 15.1 Å². The van der Waals surface area contributed by atoms with Gasteiger partial charge in [0.25, 0.3) is 6.01 Å². The molecule has 0 fully saturated rings. The SMILES string of the molecule is CCOc1nc2cccc(C(=O)O)c2n1Cc1ccc(-c2ccccc2/C=N\NO)cc1. The van der Waals surface area contributed by atoms with E-state index in [-0.39, 0.29) is 5.56 Å². The van der Waals surface area contributed by atoms with Crippen LogP contribution in [-0.2, 0) is 6.54 Å². The molecule has 4 rings (SSSR count). The molecule has 3 aromatic carbocycles. The molecule has 0 saturated heterocycles. The van der Waals surface area contributed by atoms with E-state index in [0.29, 0.717) is 30.2 Å². The molecular formula is C24H22N4O4. The predicted molar refractivity (Wildman–Crippen MR) is 121 cm³/mol. The summed E-state index contributed by atoms with van der Waals surface area (Å²) in [5.41, 5.74) is 6.85. The number of carbonyl (C=O) groups is 1. The predicted octanol–water partition coefficient (Wildman–Crippen LogP) is 4.16. The zero-order valence-electron chi connectivity index (χ0n) is 17.4. The van der Waals surface area contributed by atoms with Crippen molar-refractivity contribution in [2.24, 2.45) is 5.10 Å². The molecule has 0 bridgehead atoms. The van der Waals surface area contributed by atoms with E-state index < -0.39 is 5.97 Å². The van der Waals surface area contributed by atoms with Gasteiger partial charge in [0.05, 0.1) is 36.0 Å². The Kier molecular flexibility index (Phi) is 6.14. The van der Waals surface area contributed by atoms with Crippen molar-refractivity contribution in [2.75, 3.05) is 6.61 Å².